The van der Waals surface area contributed by atoms with E-state index in [0.717, 1.165) is 18.9 Å². The Balaban J connectivity index is 4.41. The van der Waals surface area contributed by atoms with Gasteiger partial charge in [0.25, 0.3) is 0 Å². The summed E-state index contributed by atoms with van der Waals surface area (Å²) in [6, 6.07) is -1.28. The molecule has 0 saturated heterocycles. The van der Waals surface area contributed by atoms with Gasteiger partial charge in [0.15, 0.2) is 0 Å². The molecule has 0 bridgehead atoms. The highest BCUT2D eigenvalue weighted by Gasteiger charge is 2.19. The average molecular weight is 237 g/mol. The van der Waals surface area contributed by atoms with Crippen molar-refractivity contribution >= 4 is 17.8 Å². The van der Waals surface area contributed by atoms with Crippen molar-refractivity contribution in [3.63, 3.8) is 0 Å². The number of hydrogen-bond donors (Lipinski definition) is 0. The van der Waals surface area contributed by atoms with Gasteiger partial charge in [-0.2, -0.15) is 0 Å². The van der Waals surface area contributed by atoms with Crippen LogP contribution in [-0.4, -0.2) is 75.8 Å². The maximum atomic E-state index is 5.82. The van der Waals surface area contributed by atoms with E-state index in [-0.39, 0.29) is 0 Å². The fraction of sp³-hybridized carbons (Fsp3) is 1.00. The highest BCUT2D eigenvalue weighted by molar-refractivity contribution is 8.14. The van der Waals surface area contributed by atoms with Crippen LogP contribution < -0.4 is 0 Å². The Labute approximate surface area is 94.1 Å². The fourth-order valence-electron chi connectivity index (χ4n) is 1.68. The third-order valence-electron chi connectivity index (χ3n) is 1.62. The summed E-state index contributed by atoms with van der Waals surface area (Å²) in [5.74, 6) is 0. The van der Waals surface area contributed by atoms with Gasteiger partial charge in [0.1, 0.15) is 0 Å². The van der Waals surface area contributed by atoms with Crippen LogP contribution in [0, 0.1) is 0 Å². The molecule has 0 unspecified atom stereocenters. The standard InChI is InChI=1S/C9H24N3PS/c1-10(2)7-13(14,8-11(3)4)9-12(5)6/h7-9H2,1-6H3. The Kier molecular flexibility index (Phi) is 6.42. The van der Waals surface area contributed by atoms with Gasteiger partial charge >= 0.3 is 0 Å². The van der Waals surface area contributed by atoms with Crippen LogP contribution in [0.2, 0.25) is 0 Å². The molecule has 0 aliphatic heterocycles. The van der Waals surface area contributed by atoms with E-state index in [2.05, 4.69) is 57.0 Å². The zero-order valence-electron chi connectivity index (χ0n) is 10.3. The van der Waals surface area contributed by atoms with Gasteiger partial charge in [-0.15, -0.1) is 0 Å². The van der Waals surface area contributed by atoms with Gasteiger partial charge in [-0.3, -0.25) is 0 Å². The predicted octanol–water partition coefficient (Wildman–Crippen LogP) is 1.02. The van der Waals surface area contributed by atoms with Gasteiger partial charge in [0.05, 0.1) is 0 Å². The predicted molar refractivity (Wildman–Crippen MR) is 69.9 cm³/mol. The number of hydrogen-bond acceptors (Lipinski definition) is 4. The Morgan fingerprint density at radius 1 is 0.714 bits per heavy atom. The summed E-state index contributed by atoms with van der Waals surface area (Å²) in [5, 5.41) is 0. The lowest BCUT2D eigenvalue weighted by molar-refractivity contribution is 0.436. The summed E-state index contributed by atoms with van der Waals surface area (Å²) in [4.78, 5) is 6.65. The van der Waals surface area contributed by atoms with Gasteiger partial charge in [0.2, 0.25) is 0 Å². The van der Waals surface area contributed by atoms with Crippen LogP contribution in [-0.2, 0) is 11.8 Å². The highest BCUT2D eigenvalue weighted by Crippen LogP contribution is 2.46. The molecule has 0 radical (unpaired) electrons. The molecule has 5 heteroatoms. The lowest BCUT2D eigenvalue weighted by Crippen LogP contribution is -2.26. The van der Waals surface area contributed by atoms with Crippen molar-refractivity contribution in [3.8, 4) is 0 Å². The summed E-state index contributed by atoms with van der Waals surface area (Å²) in [6.45, 7) is 0. The van der Waals surface area contributed by atoms with E-state index >= 15 is 0 Å². The normalized spacial score (nSPS) is 13.2. The van der Waals surface area contributed by atoms with Crippen molar-refractivity contribution in [3.05, 3.63) is 0 Å². The van der Waals surface area contributed by atoms with Crippen molar-refractivity contribution in [2.75, 3.05) is 61.1 Å². The Morgan fingerprint density at radius 2 is 0.929 bits per heavy atom. The first-order valence-corrected chi connectivity index (χ1v) is 8.12. The lowest BCUT2D eigenvalue weighted by Gasteiger charge is -2.30. The molecule has 0 aromatic rings. The molecule has 86 valence electrons. The molecule has 3 nitrogen and oxygen atoms in total. The first-order chi connectivity index (χ1) is 6.25. The van der Waals surface area contributed by atoms with Crippen LogP contribution in [0.4, 0.5) is 0 Å². The maximum absolute atomic E-state index is 5.82. The molecule has 0 amide bonds. The highest BCUT2D eigenvalue weighted by atomic mass is 32.4. The molecule has 0 fully saturated rings. The molecule has 0 aromatic carbocycles. The van der Waals surface area contributed by atoms with Gasteiger partial charge in [-0.05, 0) is 48.3 Å². The van der Waals surface area contributed by atoms with Crippen molar-refractivity contribution in [1.29, 1.82) is 0 Å². The zero-order chi connectivity index (χ0) is 11.4. The van der Waals surface area contributed by atoms with Crippen molar-refractivity contribution in [1.82, 2.24) is 14.7 Å². The van der Waals surface area contributed by atoms with Crippen LogP contribution in [0.3, 0.4) is 0 Å². The van der Waals surface area contributed by atoms with E-state index in [1.54, 1.807) is 0 Å². The van der Waals surface area contributed by atoms with Crippen molar-refractivity contribution in [2.24, 2.45) is 0 Å². The summed E-state index contributed by atoms with van der Waals surface area (Å²) in [7, 11) is 12.6. The van der Waals surface area contributed by atoms with Crippen LogP contribution in [0.15, 0.2) is 0 Å². The third kappa shape index (κ3) is 6.91. The van der Waals surface area contributed by atoms with Gasteiger partial charge in [0, 0.05) is 18.9 Å². The molecule has 0 saturated carbocycles. The topological polar surface area (TPSA) is 9.72 Å². The second-order valence-electron chi connectivity index (χ2n) is 4.72. The Bertz CT molecular complexity index is 171. The summed E-state index contributed by atoms with van der Waals surface area (Å²) in [6.07, 6.45) is 3.16. The van der Waals surface area contributed by atoms with E-state index in [4.69, 9.17) is 11.8 Å². The second-order valence-corrected chi connectivity index (χ2v) is 10.0. The molecule has 0 rings (SSSR count). The molecule has 0 atom stereocenters. The van der Waals surface area contributed by atoms with Gasteiger partial charge in [-0.25, -0.2) is 0 Å². The lowest BCUT2D eigenvalue weighted by atomic mass is 11.0. The molecule has 0 aromatic heterocycles. The molecule has 0 spiro atoms. The molecule has 0 aliphatic rings. The van der Waals surface area contributed by atoms with E-state index in [1.807, 2.05) is 0 Å². The minimum Gasteiger partial charge on any atom is -0.304 e. The summed E-state index contributed by atoms with van der Waals surface area (Å²) >= 11 is 5.82. The largest absolute Gasteiger partial charge is 0.304 e. The van der Waals surface area contributed by atoms with E-state index in [1.165, 1.54) is 0 Å². The Hall–Kier alpha value is 0.530. The minimum atomic E-state index is -1.28. The smallest absolute Gasteiger partial charge is 0.0292 e. The zero-order valence-corrected chi connectivity index (χ0v) is 12.0. The van der Waals surface area contributed by atoms with Crippen molar-refractivity contribution in [2.45, 2.75) is 0 Å². The monoisotopic (exact) mass is 237 g/mol. The fourth-order valence-corrected chi connectivity index (χ4v) is 7.12. The quantitative estimate of drug-likeness (QED) is 0.638. The number of rotatable bonds is 6. The summed E-state index contributed by atoms with van der Waals surface area (Å²) < 4.78 is 0. The second kappa shape index (κ2) is 6.19. The van der Waals surface area contributed by atoms with E-state index in [9.17, 15) is 0 Å². The number of nitrogens with zero attached hydrogens (tertiary/aromatic N) is 3. The molecule has 0 heterocycles. The van der Waals surface area contributed by atoms with Crippen LogP contribution >= 0.6 is 6.04 Å². The van der Waals surface area contributed by atoms with Crippen LogP contribution in [0.25, 0.3) is 0 Å². The molecule has 14 heavy (non-hydrogen) atoms. The van der Waals surface area contributed by atoms with Gasteiger partial charge < -0.3 is 14.7 Å². The first kappa shape index (κ1) is 14.5. The van der Waals surface area contributed by atoms with E-state index < -0.39 is 6.04 Å². The van der Waals surface area contributed by atoms with Crippen LogP contribution in [0.5, 0.6) is 0 Å². The van der Waals surface area contributed by atoms with Crippen molar-refractivity contribution < 1.29 is 0 Å². The molecular weight excluding hydrogens is 213 g/mol. The molecular formula is C9H24N3PS. The Morgan fingerprint density at radius 3 is 1.07 bits per heavy atom. The van der Waals surface area contributed by atoms with Crippen LogP contribution in [0.1, 0.15) is 0 Å². The third-order valence-corrected chi connectivity index (χ3v) is 5.90. The molecule has 0 N–H and O–H groups in total. The first-order valence-electron chi connectivity index (χ1n) is 4.76. The van der Waals surface area contributed by atoms with E-state index in [0.29, 0.717) is 0 Å². The van der Waals surface area contributed by atoms with Gasteiger partial charge in [-0.1, -0.05) is 11.8 Å². The maximum Gasteiger partial charge on any atom is 0.0292 e. The minimum absolute atomic E-state index is 1.05. The average Bonchev–Trinajstić information content (AvgIpc) is 1.76. The summed E-state index contributed by atoms with van der Waals surface area (Å²) in [5.41, 5.74) is 0. The molecule has 0 aliphatic carbocycles. The SMILES string of the molecule is CN(C)CP(=S)(CN(C)C)CN(C)C.